The highest BCUT2D eigenvalue weighted by Crippen LogP contribution is 2.32. The third kappa shape index (κ3) is 8.07. The highest BCUT2D eigenvalue weighted by molar-refractivity contribution is 7.99. The van der Waals surface area contributed by atoms with Gasteiger partial charge in [-0.2, -0.15) is 0 Å². The molecule has 7 heteroatoms. The molecular formula is C29H41N3O3S. The summed E-state index contributed by atoms with van der Waals surface area (Å²) in [6.07, 6.45) is 6.90. The molecule has 1 aliphatic carbocycles. The van der Waals surface area contributed by atoms with Gasteiger partial charge in [0.25, 0.3) is 5.91 Å². The van der Waals surface area contributed by atoms with Crippen LogP contribution in [0.2, 0.25) is 0 Å². The van der Waals surface area contributed by atoms with E-state index in [9.17, 15) is 9.59 Å². The van der Waals surface area contributed by atoms with Crippen LogP contribution in [-0.2, 0) is 29.2 Å². The standard InChI is InChI=1S/C26H33N3O3S.C3H8/c1-3-33-23-10-6-18(7-11-23)13-28-25(30)21-12-22-16-29(17-24(22)27-14-21)15-19-4-8-20(9-5-19)26(31)32-2;1-3-2/h6-7,10-12,14,19-20H,3-5,8-9,13,15-17H2,1-2H3,(H,28,30);3H2,1-2H3. The van der Waals surface area contributed by atoms with Crippen molar-refractivity contribution in [1.82, 2.24) is 15.2 Å². The van der Waals surface area contributed by atoms with Crippen molar-refractivity contribution >= 4 is 23.6 Å². The second-order valence-corrected chi connectivity index (χ2v) is 11.0. The molecule has 0 spiro atoms. The number of methoxy groups -OCH3 is 1. The normalized spacial score (nSPS) is 19.1. The number of esters is 1. The van der Waals surface area contributed by atoms with E-state index >= 15 is 0 Å². The van der Waals surface area contributed by atoms with Gasteiger partial charge in [0.15, 0.2) is 0 Å². The maximum absolute atomic E-state index is 12.7. The lowest BCUT2D eigenvalue weighted by Gasteiger charge is -2.29. The van der Waals surface area contributed by atoms with Crippen LogP contribution in [0.3, 0.4) is 0 Å². The van der Waals surface area contributed by atoms with Crippen LogP contribution in [0.15, 0.2) is 41.4 Å². The molecule has 6 nitrogen and oxygen atoms in total. The first kappa shape index (κ1) is 28.2. The maximum Gasteiger partial charge on any atom is 0.308 e. The number of benzene rings is 1. The summed E-state index contributed by atoms with van der Waals surface area (Å²) in [4.78, 5) is 32.7. The molecule has 196 valence electrons. The Morgan fingerprint density at radius 1 is 1.08 bits per heavy atom. The quantitative estimate of drug-likeness (QED) is 0.355. The van der Waals surface area contributed by atoms with E-state index in [0.29, 0.717) is 18.0 Å². The molecule has 1 aliphatic heterocycles. The number of thioether (sulfide) groups is 1. The van der Waals surface area contributed by atoms with Crippen molar-refractivity contribution < 1.29 is 14.3 Å². The van der Waals surface area contributed by atoms with Gasteiger partial charge in [0.05, 0.1) is 24.3 Å². The van der Waals surface area contributed by atoms with Crippen molar-refractivity contribution in [3.8, 4) is 0 Å². The van der Waals surface area contributed by atoms with Crippen molar-refractivity contribution in [2.45, 2.75) is 77.4 Å². The molecule has 2 aliphatic rings. The molecule has 1 aromatic carbocycles. The van der Waals surface area contributed by atoms with Crippen LogP contribution < -0.4 is 5.32 Å². The van der Waals surface area contributed by atoms with E-state index in [0.717, 1.165) is 67.9 Å². The molecule has 1 amide bonds. The Morgan fingerprint density at radius 3 is 2.42 bits per heavy atom. The highest BCUT2D eigenvalue weighted by atomic mass is 32.2. The van der Waals surface area contributed by atoms with Gasteiger partial charge in [-0.15, -0.1) is 11.8 Å². The van der Waals surface area contributed by atoms with Crippen molar-refractivity contribution in [3.63, 3.8) is 0 Å². The smallest absolute Gasteiger partial charge is 0.308 e. The molecule has 2 aromatic rings. The van der Waals surface area contributed by atoms with Gasteiger partial charge in [-0.05, 0) is 66.7 Å². The first-order valence-electron chi connectivity index (χ1n) is 13.2. The number of carbonyl (C=O) groups is 2. The number of hydrogen-bond acceptors (Lipinski definition) is 6. The number of aromatic nitrogens is 1. The first-order valence-corrected chi connectivity index (χ1v) is 14.2. The summed E-state index contributed by atoms with van der Waals surface area (Å²) in [5.74, 6) is 1.57. The molecule has 4 rings (SSSR count). The Labute approximate surface area is 220 Å². The van der Waals surface area contributed by atoms with Gasteiger partial charge in [0.2, 0.25) is 0 Å². The zero-order valence-corrected chi connectivity index (χ0v) is 23.0. The third-order valence-electron chi connectivity index (χ3n) is 6.67. The van der Waals surface area contributed by atoms with Gasteiger partial charge in [-0.25, -0.2) is 0 Å². The number of amides is 1. The van der Waals surface area contributed by atoms with Gasteiger partial charge in [0, 0.05) is 37.3 Å². The number of hydrogen-bond donors (Lipinski definition) is 1. The number of ether oxygens (including phenoxy) is 1. The van der Waals surface area contributed by atoms with Crippen molar-refractivity contribution in [3.05, 3.63) is 58.9 Å². The average molecular weight is 512 g/mol. The van der Waals surface area contributed by atoms with Crippen LogP contribution in [0.25, 0.3) is 0 Å². The first-order chi connectivity index (χ1) is 17.5. The summed E-state index contributed by atoms with van der Waals surface area (Å²) < 4.78 is 4.90. The molecule has 0 atom stereocenters. The fourth-order valence-corrected chi connectivity index (χ4v) is 5.51. The number of nitrogens with zero attached hydrogens (tertiary/aromatic N) is 2. The summed E-state index contributed by atoms with van der Waals surface area (Å²) in [5, 5.41) is 3.02. The van der Waals surface area contributed by atoms with Crippen molar-refractivity contribution in [2.24, 2.45) is 11.8 Å². The van der Waals surface area contributed by atoms with Gasteiger partial charge in [-0.1, -0.05) is 39.3 Å². The van der Waals surface area contributed by atoms with Crippen LogP contribution in [0.4, 0.5) is 0 Å². The number of rotatable bonds is 8. The van der Waals surface area contributed by atoms with E-state index in [1.54, 1.807) is 6.20 Å². The molecule has 1 fully saturated rings. The molecule has 1 saturated carbocycles. The van der Waals surface area contributed by atoms with E-state index < -0.39 is 0 Å². The van der Waals surface area contributed by atoms with E-state index in [2.05, 4.69) is 60.2 Å². The number of carbonyl (C=O) groups excluding carboxylic acids is 2. The minimum absolute atomic E-state index is 0.0652. The zero-order valence-electron chi connectivity index (χ0n) is 22.2. The van der Waals surface area contributed by atoms with Gasteiger partial charge < -0.3 is 10.1 Å². The lowest BCUT2D eigenvalue weighted by atomic mass is 9.82. The summed E-state index contributed by atoms with van der Waals surface area (Å²) in [7, 11) is 1.47. The molecular weight excluding hydrogens is 470 g/mol. The van der Waals surface area contributed by atoms with E-state index in [1.165, 1.54) is 18.4 Å². The molecule has 0 bridgehead atoms. The van der Waals surface area contributed by atoms with Crippen LogP contribution in [0.5, 0.6) is 0 Å². The summed E-state index contributed by atoms with van der Waals surface area (Å²) in [6.45, 7) is 9.57. The zero-order chi connectivity index (χ0) is 25.9. The molecule has 2 heterocycles. The van der Waals surface area contributed by atoms with Crippen LogP contribution in [0, 0.1) is 11.8 Å². The van der Waals surface area contributed by atoms with Gasteiger partial charge in [0.1, 0.15) is 0 Å². The SMILES string of the molecule is CCC.CCSc1ccc(CNC(=O)c2cnc3c(c2)CN(CC2CCC(C(=O)OC)CC2)C3)cc1. The predicted molar refractivity (Wildman–Crippen MR) is 146 cm³/mol. The Bertz CT molecular complexity index is 988. The van der Waals surface area contributed by atoms with Crippen LogP contribution in [0.1, 0.15) is 80.1 Å². The fraction of sp³-hybridized carbons (Fsp3) is 0.552. The topological polar surface area (TPSA) is 71.5 Å². The number of nitrogens with one attached hydrogen (secondary N) is 1. The monoisotopic (exact) mass is 511 g/mol. The third-order valence-corrected chi connectivity index (χ3v) is 7.57. The molecule has 36 heavy (non-hydrogen) atoms. The lowest BCUT2D eigenvalue weighted by molar-refractivity contribution is -0.146. The Kier molecular flexibility index (Phi) is 11.3. The summed E-state index contributed by atoms with van der Waals surface area (Å²) in [5.41, 5.74) is 3.92. The molecule has 0 unspecified atom stereocenters. The summed E-state index contributed by atoms with van der Waals surface area (Å²) >= 11 is 1.81. The predicted octanol–water partition coefficient (Wildman–Crippen LogP) is 5.83. The largest absolute Gasteiger partial charge is 0.469 e. The minimum Gasteiger partial charge on any atom is -0.469 e. The lowest BCUT2D eigenvalue weighted by Crippen LogP contribution is -2.30. The number of pyridine rings is 1. The average Bonchev–Trinajstić information content (AvgIpc) is 3.30. The Hall–Kier alpha value is -2.38. The summed E-state index contributed by atoms with van der Waals surface area (Å²) in [6, 6.07) is 10.3. The second-order valence-electron chi connectivity index (χ2n) is 9.71. The molecule has 0 saturated heterocycles. The molecule has 1 aromatic heterocycles. The van der Waals surface area contributed by atoms with E-state index in [1.807, 2.05) is 17.8 Å². The Balaban J connectivity index is 0.00000115. The van der Waals surface area contributed by atoms with Crippen molar-refractivity contribution in [1.29, 1.82) is 0 Å². The van der Waals surface area contributed by atoms with Gasteiger partial charge in [-0.3, -0.25) is 19.5 Å². The second kappa shape index (κ2) is 14.4. The fourth-order valence-electron chi connectivity index (χ4n) is 4.85. The van der Waals surface area contributed by atoms with E-state index in [-0.39, 0.29) is 17.8 Å². The van der Waals surface area contributed by atoms with Gasteiger partial charge >= 0.3 is 5.97 Å². The molecule has 1 N–H and O–H groups in total. The minimum atomic E-state index is -0.0862. The Morgan fingerprint density at radius 2 is 1.78 bits per heavy atom. The number of fused-ring (bicyclic) bond motifs is 1. The molecule has 0 radical (unpaired) electrons. The maximum atomic E-state index is 12.7. The van der Waals surface area contributed by atoms with E-state index in [4.69, 9.17) is 4.74 Å². The van der Waals surface area contributed by atoms with Crippen LogP contribution >= 0.6 is 11.8 Å². The van der Waals surface area contributed by atoms with Crippen LogP contribution in [-0.4, -0.2) is 41.2 Å². The van der Waals surface area contributed by atoms with Crippen molar-refractivity contribution in [2.75, 3.05) is 19.4 Å². The highest BCUT2D eigenvalue weighted by Gasteiger charge is 2.30.